The predicted molar refractivity (Wildman–Crippen MR) is 90.8 cm³/mol. The zero-order chi connectivity index (χ0) is 17.1. The Morgan fingerprint density at radius 1 is 1.08 bits per heavy atom. The van der Waals surface area contributed by atoms with Crippen LogP contribution in [0.2, 0.25) is 0 Å². The number of esters is 1. The number of ketones is 1. The molecule has 0 aromatic heterocycles. The Balaban J connectivity index is 1.78. The molecule has 0 radical (unpaired) electrons. The molecule has 0 heterocycles. The number of fused-ring (bicyclic) bond motifs is 1. The molecule has 124 valence electrons. The SMILES string of the molecule is COc1ccc(CC(=O)Oc2ccc(C)c3c2C(=O)CCC3)cc1. The molecule has 0 fully saturated rings. The fraction of sp³-hybridized carbons (Fsp3) is 0.300. The van der Waals surface area contributed by atoms with Crippen molar-refractivity contribution in [2.45, 2.75) is 32.6 Å². The topological polar surface area (TPSA) is 52.6 Å². The van der Waals surface area contributed by atoms with Gasteiger partial charge in [0.1, 0.15) is 11.5 Å². The number of hydrogen-bond acceptors (Lipinski definition) is 4. The van der Waals surface area contributed by atoms with Crippen LogP contribution < -0.4 is 9.47 Å². The number of hydrogen-bond donors (Lipinski definition) is 0. The van der Waals surface area contributed by atoms with Gasteiger partial charge in [0, 0.05) is 6.42 Å². The van der Waals surface area contributed by atoms with E-state index in [-0.39, 0.29) is 18.2 Å². The summed E-state index contributed by atoms with van der Waals surface area (Å²) < 4.78 is 10.6. The number of rotatable bonds is 4. The molecule has 0 bridgehead atoms. The molecule has 2 aromatic carbocycles. The number of carbonyl (C=O) groups is 2. The fourth-order valence-corrected chi connectivity index (χ4v) is 3.06. The summed E-state index contributed by atoms with van der Waals surface area (Å²) in [6.07, 6.45) is 2.38. The van der Waals surface area contributed by atoms with E-state index in [1.807, 2.05) is 25.1 Å². The van der Waals surface area contributed by atoms with Crippen molar-refractivity contribution in [1.29, 1.82) is 0 Å². The lowest BCUT2D eigenvalue weighted by molar-refractivity contribution is -0.133. The Morgan fingerprint density at radius 2 is 1.83 bits per heavy atom. The highest BCUT2D eigenvalue weighted by Crippen LogP contribution is 2.32. The maximum atomic E-state index is 12.3. The molecule has 0 atom stereocenters. The number of Topliss-reactive ketones (excluding diaryl/α,β-unsaturated/α-hetero) is 1. The third kappa shape index (κ3) is 3.32. The van der Waals surface area contributed by atoms with Crippen LogP contribution in [0.5, 0.6) is 11.5 Å². The van der Waals surface area contributed by atoms with E-state index in [0.717, 1.165) is 35.3 Å². The third-order valence-corrected chi connectivity index (χ3v) is 4.35. The summed E-state index contributed by atoms with van der Waals surface area (Å²) in [5, 5.41) is 0. The molecule has 4 heteroatoms. The Morgan fingerprint density at radius 3 is 2.54 bits per heavy atom. The largest absolute Gasteiger partial charge is 0.497 e. The van der Waals surface area contributed by atoms with Crippen molar-refractivity contribution in [3.05, 3.63) is 58.7 Å². The molecule has 0 saturated carbocycles. The van der Waals surface area contributed by atoms with Gasteiger partial charge in [-0.15, -0.1) is 0 Å². The summed E-state index contributed by atoms with van der Waals surface area (Å²) in [4.78, 5) is 24.5. The second-order valence-electron chi connectivity index (χ2n) is 6.01. The van der Waals surface area contributed by atoms with E-state index in [0.29, 0.717) is 17.7 Å². The molecule has 2 aromatic rings. The third-order valence-electron chi connectivity index (χ3n) is 4.35. The lowest BCUT2D eigenvalue weighted by atomic mass is 9.87. The average molecular weight is 324 g/mol. The van der Waals surface area contributed by atoms with Crippen LogP contribution in [0, 0.1) is 6.92 Å². The molecule has 0 N–H and O–H groups in total. The number of benzene rings is 2. The van der Waals surface area contributed by atoms with E-state index >= 15 is 0 Å². The summed E-state index contributed by atoms with van der Waals surface area (Å²) in [7, 11) is 1.60. The van der Waals surface area contributed by atoms with E-state index in [1.165, 1.54) is 0 Å². The van der Waals surface area contributed by atoms with Gasteiger partial charge < -0.3 is 9.47 Å². The van der Waals surface area contributed by atoms with Gasteiger partial charge in [-0.3, -0.25) is 9.59 Å². The molecule has 4 nitrogen and oxygen atoms in total. The first kappa shape index (κ1) is 16.2. The monoisotopic (exact) mass is 324 g/mol. The van der Waals surface area contributed by atoms with Crippen LogP contribution in [0.4, 0.5) is 0 Å². The van der Waals surface area contributed by atoms with Crippen LogP contribution in [0.3, 0.4) is 0 Å². The Labute approximate surface area is 141 Å². The highest BCUT2D eigenvalue weighted by Gasteiger charge is 2.24. The second kappa shape index (κ2) is 6.87. The quantitative estimate of drug-likeness (QED) is 0.636. The zero-order valence-corrected chi connectivity index (χ0v) is 13.9. The van der Waals surface area contributed by atoms with Crippen molar-refractivity contribution in [3.63, 3.8) is 0 Å². The Kier molecular flexibility index (Phi) is 4.65. The lowest BCUT2D eigenvalue weighted by Crippen LogP contribution is -2.18. The summed E-state index contributed by atoms with van der Waals surface area (Å²) in [5.74, 6) is 0.820. The first-order chi connectivity index (χ1) is 11.6. The molecule has 0 spiro atoms. The minimum Gasteiger partial charge on any atom is -0.497 e. The minimum absolute atomic E-state index is 0.0622. The highest BCUT2D eigenvalue weighted by atomic mass is 16.5. The number of ether oxygens (including phenoxy) is 2. The number of carbonyl (C=O) groups excluding carboxylic acids is 2. The van der Waals surface area contributed by atoms with Crippen LogP contribution in [0.25, 0.3) is 0 Å². The number of aryl methyl sites for hydroxylation is 1. The predicted octanol–water partition coefficient (Wildman–Crippen LogP) is 3.67. The average Bonchev–Trinajstić information content (AvgIpc) is 2.58. The van der Waals surface area contributed by atoms with Crippen LogP contribution >= 0.6 is 0 Å². The van der Waals surface area contributed by atoms with Crippen molar-refractivity contribution < 1.29 is 19.1 Å². The molecular weight excluding hydrogens is 304 g/mol. The second-order valence-corrected chi connectivity index (χ2v) is 6.01. The number of methoxy groups -OCH3 is 1. The zero-order valence-electron chi connectivity index (χ0n) is 13.9. The summed E-state index contributed by atoms with van der Waals surface area (Å²) >= 11 is 0. The van der Waals surface area contributed by atoms with E-state index < -0.39 is 0 Å². The van der Waals surface area contributed by atoms with Crippen molar-refractivity contribution >= 4 is 11.8 Å². The van der Waals surface area contributed by atoms with Gasteiger partial charge >= 0.3 is 5.97 Å². The van der Waals surface area contributed by atoms with E-state index in [4.69, 9.17) is 9.47 Å². The van der Waals surface area contributed by atoms with E-state index in [2.05, 4.69) is 0 Å². The maximum Gasteiger partial charge on any atom is 0.315 e. The smallest absolute Gasteiger partial charge is 0.315 e. The first-order valence-electron chi connectivity index (χ1n) is 8.08. The summed E-state index contributed by atoms with van der Waals surface area (Å²) in [6.45, 7) is 1.99. The van der Waals surface area contributed by atoms with Gasteiger partial charge in [0.15, 0.2) is 5.78 Å². The van der Waals surface area contributed by atoms with Crippen LogP contribution in [0.1, 0.15) is 39.9 Å². The Bertz CT molecular complexity index is 775. The molecular formula is C20H20O4. The van der Waals surface area contributed by atoms with Crippen molar-refractivity contribution in [2.24, 2.45) is 0 Å². The highest BCUT2D eigenvalue weighted by molar-refractivity contribution is 6.02. The maximum absolute atomic E-state index is 12.3. The molecule has 0 aliphatic heterocycles. The summed E-state index contributed by atoms with van der Waals surface area (Å²) in [5.41, 5.74) is 3.52. The standard InChI is InChI=1S/C20H20O4/c1-13-6-11-18(20-16(13)4-3-5-17(20)21)24-19(22)12-14-7-9-15(23-2)10-8-14/h6-11H,3-5,12H2,1-2H3. The van der Waals surface area contributed by atoms with Crippen LogP contribution in [0.15, 0.2) is 36.4 Å². The Hall–Kier alpha value is -2.62. The summed E-state index contributed by atoms with van der Waals surface area (Å²) in [6, 6.07) is 10.9. The van der Waals surface area contributed by atoms with Gasteiger partial charge in [-0.2, -0.15) is 0 Å². The molecule has 1 aliphatic carbocycles. The molecule has 0 unspecified atom stereocenters. The van der Waals surface area contributed by atoms with Crippen LogP contribution in [-0.2, 0) is 17.6 Å². The van der Waals surface area contributed by atoms with Gasteiger partial charge in [-0.25, -0.2) is 0 Å². The normalized spacial score (nSPS) is 13.3. The molecule has 0 saturated heterocycles. The molecule has 24 heavy (non-hydrogen) atoms. The van der Waals surface area contributed by atoms with Crippen molar-refractivity contribution in [1.82, 2.24) is 0 Å². The molecule has 0 amide bonds. The van der Waals surface area contributed by atoms with Gasteiger partial charge in [0.25, 0.3) is 0 Å². The minimum atomic E-state index is -0.371. The van der Waals surface area contributed by atoms with Gasteiger partial charge in [0.05, 0.1) is 19.1 Å². The first-order valence-corrected chi connectivity index (χ1v) is 8.08. The van der Waals surface area contributed by atoms with Gasteiger partial charge in [-0.05, 0) is 54.7 Å². The van der Waals surface area contributed by atoms with E-state index in [1.54, 1.807) is 25.3 Å². The molecule has 1 aliphatic rings. The van der Waals surface area contributed by atoms with Gasteiger partial charge in [-0.1, -0.05) is 18.2 Å². The van der Waals surface area contributed by atoms with E-state index in [9.17, 15) is 9.59 Å². The molecule has 3 rings (SSSR count). The fourth-order valence-electron chi connectivity index (χ4n) is 3.06. The van der Waals surface area contributed by atoms with Crippen molar-refractivity contribution in [2.75, 3.05) is 7.11 Å². The van der Waals surface area contributed by atoms with Gasteiger partial charge in [0.2, 0.25) is 0 Å². The van der Waals surface area contributed by atoms with Crippen molar-refractivity contribution in [3.8, 4) is 11.5 Å². The van der Waals surface area contributed by atoms with Crippen LogP contribution in [-0.4, -0.2) is 18.9 Å². The lowest BCUT2D eigenvalue weighted by Gasteiger charge is -2.20.